The second-order valence-corrected chi connectivity index (χ2v) is 11.4. The molecule has 2 aliphatic rings. The molecule has 2 unspecified atom stereocenters. The van der Waals surface area contributed by atoms with Gasteiger partial charge in [-0.3, -0.25) is 14.3 Å². The molecule has 1 amide bonds. The number of hydrogen-bond donors (Lipinski definition) is 1. The van der Waals surface area contributed by atoms with E-state index in [0.29, 0.717) is 11.6 Å². The SMILES string of the molecule is COc1cc(N2C3CCC2CN(C)C3)nc(-n2c(=O)c(NC(=O)c3ccc(OC(F)F)cc3)c(-c3c(F)cc(OC)cc3F)n2C)c1. The van der Waals surface area contributed by atoms with Gasteiger partial charge >= 0.3 is 6.61 Å². The van der Waals surface area contributed by atoms with Crippen LogP contribution in [0.25, 0.3) is 17.1 Å². The zero-order chi connectivity index (χ0) is 33.6. The van der Waals surface area contributed by atoms with Crippen LogP contribution in [0.4, 0.5) is 29.1 Å². The molecule has 1 N–H and O–H groups in total. The van der Waals surface area contributed by atoms with Crippen molar-refractivity contribution in [3.63, 3.8) is 0 Å². The molecule has 15 heteroatoms. The topological polar surface area (TPSA) is 103 Å². The van der Waals surface area contributed by atoms with Gasteiger partial charge in [-0.25, -0.2) is 13.8 Å². The van der Waals surface area contributed by atoms with Crippen LogP contribution in [0.15, 0.2) is 53.3 Å². The third-order valence-corrected chi connectivity index (χ3v) is 8.49. The van der Waals surface area contributed by atoms with Gasteiger partial charge in [0, 0.05) is 62.0 Å². The van der Waals surface area contributed by atoms with Gasteiger partial charge in [0.15, 0.2) is 5.82 Å². The fraction of sp³-hybridized carbons (Fsp3) is 0.344. The van der Waals surface area contributed by atoms with Gasteiger partial charge in [0.25, 0.3) is 11.5 Å². The number of halogens is 4. The van der Waals surface area contributed by atoms with Crippen LogP contribution in [-0.4, -0.2) is 78.2 Å². The number of pyridine rings is 1. The van der Waals surface area contributed by atoms with Gasteiger partial charge in [0.2, 0.25) is 0 Å². The lowest BCUT2D eigenvalue weighted by molar-refractivity contribution is -0.0498. The number of rotatable bonds is 9. The van der Waals surface area contributed by atoms with E-state index in [1.165, 1.54) is 44.1 Å². The number of fused-ring (bicyclic) bond motifs is 2. The summed E-state index contributed by atoms with van der Waals surface area (Å²) in [6.07, 6.45) is 1.94. The Kier molecular flexibility index (Phi) is 8.57. The van der Waals surface area contributed by atoms with Gasteiger partial charge in [-0.05, 0) is 44.2 Å². The first-order valence-corrected chi connectivity index (χ1v) is 14.7. The summed E-state index contributed by atoms with van der Waals surface area (Å²) in [7, 11) is 6.21. The van der Waals surface area contributed by atoms with Crippen molar-refractivity contribution in [2.24, 2.45) is 7.05 Å². The number of amides is 1. The molecule has 2 aromatic heterocycles. The van der Waals surface area contributed by atoms with Crippen molar-refractivity contribution in [3.05, 3.63) is 76.1 Å². The molecular weight excluding hydrogens is 624 g/mol. The van der Waals surface area contributed by atoms with E-state index in [9.17, 15) is 18.4 Å². The molecule has 2 atom stereocenters. The molecule has 4 heterocycles. The Morgan fingerprint density at radius 2 is 1.47 bits per heavy atom. The number of alkyl halides is 2. The van der Waals surface area contributed by atoms with E-state index < -0.39 is 41.0 Å². The molecular formula is C32H32F4N6O5. The molecule has 0 radical (unpaired) electrons. The van der Waals surface area contributed by atoms with Crippen molar-refractivity contribution < 1.29 is 36.6 Å². The standard InChI is InChI=1S/C32H32F4N6O5/c1-39-15-18-7-8-19(16-39)41(18)25-13-22(46-4)14-26(37-25)42-31(44)28(38-30(43)17-5-9-20(10-6-17)47-32(35)36)29(40(42)2)27-23(33)11-21(45-3)12-24(27)34/h5-6,9-14,18-19,32H,7-8,15-16H2,1-4H3,(H,38,43). The van der Waals surface area contributed by atoms with Crippen LogP contribution in [0.3, 0.4) is 0 Å². The van der Waals surface area contributed by atoms with E-state index in [1.807, 2.05) is 0 Å². The zero-order valence-electron chi connectivity index (χ0n) is 26.0. The molecule has 248 valence electrons. The summed E-state index contributed by atoms with van der Waals surface area (Å²) in [5.74, 6) is -2.15. The molecule has 2 aliphatic heterocycles. The number of carbonyl (C=O) groups is 1. The summed E-state index contributed by atoms with van der Waals surface area (Å²) < 4.78 is 73.6. The average molecular weight is 657 g/mol. The minimum absolute atomic E-state index is 0.0321. The molecule has 2 fully saturated rings. The number of ether oxygens (including phenoxy) is 3. The van der Waals surface area contributed by atoms with Crippen LogP contribution in [0.1, 0.15) is 23.2 Å². The Hall–Kier alpha value is -5.05. The fourth-order valence-electron chi connectivity index (χ4n) is 6.45. The molecule has 2 aromatic carbocycles. The lowest BCUT2D eigenvalue weighted by Crippen LogP contribution is -2.52. The third-order valence-electron chi connectivity index (χ3n) is 8.49. The Labute approximate surface area is 266 Å². The van der Waals surface area contributed by atoms with Crippen LogP contribution >= 0.6 is 0 Å². The highest BCUT2D eigenvalue weighted by Crippen LogP contribution is 2.37. The molecule has 2 saturated heterocycles. The number of aromatic nitrogens is 3. The van der Waals surface area contributed by atoms with E-state index in [4.69, 9.17) is 14.5 Å². The lowest BCUT2D eigenvalue weighted by atomic mass is 10.1. The minimum Gasteiger partial charge on any atom is -0.497 e. The largest absolute Gasteiger partial charge is 0.497 e. The van der Waals surface area contributed by atoms with E-state index >= 15 is 8.78 Å². The summed E-state index contributed by atoms with van der Waals surface area (Å²) in [6.45, 7) is -1.40. The second kappa shape index (κ2) is 12.6. The van der Waals surface area contributed by atoms with Gasteiger partial charge in [0.1, 0.15) is 46.1 Å². The molecule has 4 aromatic rings. The third kappa shape index (κ3) is 5.98. The summed E-state index contributed by atoms with van der Waals surface area (Å²) in [6, 6.07) is 10.3. The number of nitrogens with zero attached hydrogens (tertiary/aromatic N) is 5. The normalized spacial score (nSPS) is 17.7. The van der Waals surface area contributed by atoms with Gasteiger partial charge < -0.3 is 29.3 Å². The molecule has 0 spiro atoms. The highest BCUT2D eigenvalue weighted by Gasteiger charge is 2.40. The summed E-state index contributed by atoms with van der Waals surface area (Å²) in [5.41, 5.74) is -2.20. The lowest BCUT2D eigenvalue weighted by Gasteiger charge is -2.40. The van der Waals surface area contributed by atoms with Crippen molar-refractivity contribution in [1.82, 2.24) is 19.2 Å². The van der Waals surface area contributed by atoms with E-state index in [1.54, 1.807) is 6.07 Å². The molecule has 2 bridgehead atoms. The smallest absolute Gasteiger partial charge is 0.387 e. The van der Waals surface area contributed by atoms with Crippen molar-refractivity contribution in [3.8, 4) is 34.3 Å². The van der Waals surface area contributed by atoms with Crippen molar-refractivity contribution in [1.29, 1.82) is 0 Å². The minimum atomic E-state index is -3.06. The maximum absolute atomic E-state index is 15.6. The summed E-state index contributed by atoms with van der Waals surface area (Å²) in [5, 5.41) is 2.48. The van der Waals surface area contributed by atoms with Crippen molar-refractivity contribution >= 4 is 17.4 Å². The first-order valence-electron chi connectivity index (χ1n) is 14.7. The molecule has 0 aliphatic carbocycles. The summed E-state index contributed by atoms with van der Waals surface area (Å²) in [4.78, 5) is 36.9. The zero-order valence-corrected chi connectivity index (χ0v) is 26.0. The second-order valence-electron chi connectivity index (χ2n) is 11.4. The number of methoxy groups -OCH3 is 2. The maximum Gasteiger partial charge on any atom is 0.387 e. The molecule has 6 rings (SSSR count). The van der Waals surface area contributed by atoms with Crippen LogP contribution < -0.4 is 30.0 Å². The monoisotopic (exact) mass is 656 g/mol. The van der Waals surface area contributed by atoms with Gasteiger partial charge in [0.05, 0.1) is 19.8 Å². The highest BCUT2D eigenvalue weighted by atomic mass is 19.3. The number of nitrogens with one attached hydrogen (secondary N) is 1. The predicted molar refractivity (Wildman–Crippen MR) is 165 cm³/mol. The van der Waals surface area contributed by atoms with Gasteiger partial charge in [-0.1, -0.05) is 0 Å². The van der Waals surface area contributed by atoms with Gasteiger partial charge in [-0.2, -0.15) is 13.5 Å². The van der Waals surface area contributed by atoms with E-state index in [-0.39, 0.29) is 40.7 Å². The van der Waals surface area contributed by atoms with Gasteiger partial charge in [-0.15, -0.1) is 0 Å². The Balaban J connectivity index is 1.49. The highest BCUT2D eigenvalue weighted by molar-refractivity contribution is 6.06. The number of carbonyl (C=O) groups excluding carboxylic acids is 1. The number of benzene rings is 2. The Morgan fingerprint density at radius 3 is 2.04 bits per heavy atom. The predicted octanol–water partition coefficient (Wildman–Crippen LogP) is 4.67. The first kappa shape index (κ1) is 31.9. The van der Waals surface area contributed by atoms with Crippen molar-refractivity contribution in [2.45, 2.75) is 31.5 Å². The first-order chi connectivity index (χ1) is 22.5. The molecule has 11 nitrogen and oxygen atoms in total. The molecule has 47 heavy (non-hydrogen) atoms. The Bertz CT molecular complexity index is 1840. The number of hydrogen-bond acceptors (Lipinski definition) is 8. The van der Waals surface area contributed by atoms with Crippen LogP contribution in [-0.2, 0) is 7.05 Å². The van der Waals surface area contributed by atoms with E-state index in [0.717, 1.165) is 54.9 Å². The number of likely N-dealkylation sites (N-methyl/N-ethyl adjacent to an activating group) is 1. The molecule has 0 saturated carbocycles. The van der Waals surface area contributed by atoms with E-state index in [2.05, 4.69) is 26.9 Å². The fourth-order valence-corrected chi connectivity index (χ4v) is 6.45. The van der Waals surface area contributed by atoms with Crippen LogP contribution in [0.5, 0.6) is 17.2 Å². The average Bonchev–Trinajstić information content (AvgIpc) is 3.44. The van der Waals surface area contributed by atoms with Crippen LogP contribution in [0, 0.1) is 11.6 Å². The quantitative estimate of drug-likeness (QED) is 0.260. The summed E-state index contributed by atoms with van der Waals surface area (Å²) >= 11 is 0. The number of piperazine rings is 1. The van der Waals surface area contributed by atoms with Crippen molar-refractivity contribution in [2.75, 3.05) is 44.6 Å². The number of likely N-dealkylation sites (tertiary alicyclic amines) is 1. The maximum atomic E-state index is 15.6. The Morgan fingerprint density at radius 1 is 0.894 bits per heavy atom. The number of anilines is 2. The van der Waals surface area contributed by atoms with Crippen LogP contribution in [0.2, 0.25) is 0 Å².